The predicted molar refractivity (Wildman–Crippen MR) is 139 cm³/mol. The number of carbonyl (C=O) groups is 2. The van der Waals surface area contributed by atoms with Crippen LogP contribution >= 0.6 is 11.6 Å². The Labute approximate surface area is 214 Å². The van der Waals surface area contributed by atoms with Crippen molar-refractivity contribution in [2.24, 2.45) is 10.8 Å². The van der Waals surface area contributed by atoms with Crippen molar-refractivity contribution in [2.45, 2.75) is 79.6 Å². The van der Waals surface area contributed by atoms with Crippen molar-refractivity contribution < 1.29 is 19.1 Å². The van der Waals surface area contributed by atoms with Gasteiger partial charge in [0.2, 0.25) is 0 Å². The van der Waals surface area contributed by atoms with Gasteiger partial charge in [-0.25, -0.2) is 0 Å². The Bertz CT molecular complexity index is 1070. The van der Waals surface area contributed by atoms with E-state index in [0.717, 1.165) is 53.9 Å². The molecular weight excluding hydrogens is 462 g/mol. The van der Waals surface area contributed by atoms with Gasteiger partial charge in [-0.3, -0.25) is 9.59 Å². The summed E-state index contributed by atoms with van der Waals surface area (Å²) in [6.45, 7) is 14.0. The first-order valence-corrected chi connectivity index (χ1v) is 13.1. The molecule has 0 unspecified atom stereocenters. The predicted octanol–water partition coefficient (Wildman–Crippen LogP) is 6.84. The molecule has 0 aromatic heterocycles. The Morgan fingerprint density at radius 2 is 1.49 bits per heavy atom. The van der Waals surface area contributed by atoms with Gasteiger partial charge in [0.05, 0.1) is 18.7 Å². The molecule has 6 heteroatoms. The molecule has 1 aromatic carbocycles. The second kappa shape index (κ2) is 9.31. The fourth-order valence-corrected chi connectivity index (χ4v) is 6.29. The summed E-state index contributed by atoms with van der Waals surface area (Å²) in [5.74, 6) is 0.814. The van der Waals surface area contributed by atoms with Crippen LogP contribution in [0.25, 0.3) is 0 Å². The smallest absolute Gasteiger partial charge is 0.179 e. The maximum atomic E-state index is 13.7. The lowest BCUT2D eigenvalue weighted by Crippen LogP contribution is -2.44. The molecule has 0 fully saturated rings. The second-order valence-electron chi connectivity index (χ2n) is 11.7. The minimum Gasteiger partial charge on any atom is -0.493 e. The van der Waals surface area contributed by atoms with Crippen LogP contribution in [0.4, 0.5) is 0 Å². The molecule has 0 spiro atoms. The van der Waals surface area contributed by atoms with Crippen LogP contribution in [0.1, 0.15) is 85.1 Å². The molecule has 0 N–H and O–H groups in total. The monoisotopic (exact) mass is 499 g/mol. The van der Waals surface area contributed by atoms with Crippen molar-refractivity contribution >= 4 is 23.2 Å². The number of halogens is 1. The third-order valence-electron chi connectivity index (χ3n) is 7.37. The Morgan fingerprint density at radius 1 is 0.943 bits per heavy atom. The van der Waals surface area contributed by atoms with Crippen LogP contribution in [0.15, 0.2) is 34.7 Å². The summed E-state index contributed by atoms with van der Waals surface area (Å²) < 4.78 is 11.5. The van der Waals surface area contributed by atoms with Gasteiger partial charge in [0.1, 0.15) is 0 Å². The standard InChI is InChI=1S/C29H38ClNO4/c1-8-10-35-27-18(30)11-17(12-23(27)34-7)24-25-19(13-28(3,4)15-21(25)32)31(9-2)20-14-29(5,6)16-22(33)26(20)24/h11-12,24H,8-10,13-16H2,1-7H3. The van der Waals surface area contributed by atoms with Crippen molar-refractivity contribution in [1.82, 2.24) is 4.90 Å². The van der Waals surface area contributed by atoms with E-state index in [0.29, 0.717) is 36.0 Å². The van der Waals surface area contributed by atoms with Gasteiger partial charge in [0.25, 0.3) is 0 Å². The van der Waals surface area contributed by atoms with E-state index >= 15 is 0 Å². The molecule has 5 nitrogen and oxygen atoms in total. The highest BCUT2D eigenvalue weighted by atomic mass is 35.5. The van der Waals surface area contributed by atoms with E-state index in [1.54, 1.807) is 7.11 Å². The fourth-order valence-electron chi connectivity index (χ4n) is 6.01. The lowest BCUT2D eigenvalue weighted by molar-refractivity contribution is -0.119. The van der Waals surface area contributed by atoms with E-state index in [2.05, 4.69) is 39.5 Å². The molecule has 4 rings (SSSR count). The van der Waals surface area contributed by atoms with Gasteiger partial charge < -0.3 is 14.4 Å². The molecule has 35 heavy (non-hydrogen) atoms. The van der Waals surface area contributed by atoms with Gasteiger partial charge in [-0.15, -0.1) is 0 Å². The summed E-state index contributed by atoms with van der Waals surface area (Å²) in [7, 11) is 1.59. The molecule has 190 valence electrons. The van der Waals surface area contributed by atoms with Crippen LogP contribution < -0.4 is 9.47 Å². The minimum atomic E-state index is -0.443. The van der Waals surface area contributed by atoms with E-state index in [1.165, 1.54) is 0 Å². The van der Waals surface area contributed by atoms with Gasteiger partial charge >= 0.3 is 0 Å². The third-order valence-corrected chi connectivity index (χ3v) is 7.65. The van der Waals surface area contributed by atoms with Crippen LogP contribution in [0.3, 0.4) is 0 Å². The van der Waals surface area contributed by atoms with Gasteiger partial charge in [-0.1, -0.05) is 46.2 Å². The molecule has 0 radical (unpaired) electrons. The highest BCUT2D eigenvalue weighted by molar-refractivity contribution is 6.32. The van der Waals surface area contributed by atoms with E-state index in [1.807, 2.05) is 19.1 Å². The maximum Gasteiger partial charge on any atom is 0.179 e. The second-order valence-corrected chi connectivity index (χ2v) is 12.1. The molecule has 1 aromatic rings. The molecule has 1 aliphatic heterocycles. The van der Waals surface area contributed by atoms with Crippen molar-refractivity contribution in [3.8, 4) is 11.5 Å². The number of nitrogens with zero attached hydrogens (tertiary/aromatic N) is 1. The van der Waals surface area contributed by atoms with E-state index in [9.17, 15) is 9.59 Å². The van der Waals surface area contributed by atoms with Gasteiger partial charge in [0.15, 0.2) is 23.1 Å². The number of methoxy groups -OCH3 is 1. The minimum absolute atomic E-state index is 0.116. The molecule has 0 atom stereocenters. The summed E-state index contributed by atoms with van der Waals surface area (Å²) in [4.78, 5) is 29.7. The molecule has 0 bridgehead atoms. The molecule has 3 aliphatic rings. The quantitative estimate of drug-likeness (QED) is 0.428. The largest absolute Gasteiger partial charge is 0.493 e. The number of hydrogen-bond donors (Lipinski definition) is 0. The van der Waals surface area contributed by atoms with E-state index in [-0.39, 0.29) is 22.4 Å². The van der Waals surface area contributed by atoms with Crippen molar-refractivity contribution in [3.05, 3.63) is 45.3 Å². The first-order valence-electron chi connectivity index (χ1n) is 12.7. The lowest BCUT2D eigenvalue weighted by atomic mass is 9.63. The number of benzene rings is 1. The van der Waals surface area contributed by atoms with Crippen LogP contribution in [-0.2, 0) is 9.59 Å². The summed E-state index contributed by atoms with van der Waals surface area (Å²) in [5, 5.41) is 0.433. The first-order chi connectivity index (χ1) is 16.4. The number of ether oxygens (including phenoxy) is 2. The summed E-state index contributed by atoms with van der Waals surface area (Å²) in [6.07, 6.45) is 3.37. The Morgan fingerprint density at radius 3 is 1.94 bits per heavy atom. The third kappa shape index (κ3) is 4.64. The van der Waals surface area contributed by atoms with Crippen molar-refractivity contribution in [1.29, 1.82) is 0 Å². The zero-order valence-corrected chi connectivity index (χ0v) is 22.9. The molecule has 0 amide bonds. The van der Waals surface area contributed by atoms with Crippen LogP contribution in [-0.4, -0.2) is 36.7 Å². The number of Topliss-reactive ketones (excluding diaryl/α,β-unsaturated/α-hetero) is 2. The van der Waals surface area contributed by atoms with Crippen LogP contribution in [0.5, 0.6) is 11.5 Å². The number of hydrogen-bond acceptors (Lipinski definition) is 5. The molecule has 1 heterocycles. The van der Waals surface area contributed by atoms with Gasteiger partial charge in [-0.05, 0) is 54.7 Å². The van der Waals surface area contributed by atoms with Crippen LogP contribution in [0, 0.1) is 10.8 Å². The Hall–Kier alpha value is -2.27. The zero-order chi connectivity index (χ0) is 25.7. The van der Waals surface area contributed by atoms with E-state index < -0.39 is 5.92 Å². The number of carbonyl (C=O) groups excluding carboxylic acids is 2. The SMILES string of the molecule is CCCOc1c(Cl)cc(C2C3=C(CC(C)(C)CC3=O)N(CC)C3=C2C(=O)CC(C)(C)C3)cc1OC. The fraction of sp³-hybridized carbons (Fsp3) is 0.586. The normalized spacial score (nSPS) is 21.8. The summed E-state index contributed by atoms with van der Waals surface area (Å²) in [5.41, 5.74) is 4.17. The summed E-state index contributed by atoms with van der Waals surface area (Å²) >= 11 is 6.72. The lowest BCUT2D eigenvalue weighted by Gasteiger charge is -2.49. The highest BCUT2D eigenvalue weighted by Crippen LogP contribution is 2.55. The van der Waals surface area contributed by atoms with E-state index in [4.69, 9.17) is 21.1 Å². The first kappa shape index (κ1) is 25.8. The Kier molecular flexibility index (Phi) is 6.87. The highest BCUT2D eigenvalue weighted by Gasteiger charge is 2.48. The number of rotatable bonds is 6. The zero-order valence-electron chi connectivity index (χ0n) is 22.1. The average molecular weight is 500 g/mol. The average Bonchev–Trinajstić information content (AvgIpc) is 2.74. The molecule has 0 saturated carbocycles. The number of allylic oxidation sites excluding steroid dienone is 4. The van der Waals surface area contributed by atoms with Gasteiger partial charge in [0, 0.05) is 47.8 Å². The van der Waals surface area contributed by atoms with Crippen molar-refractivity contribution in [2.75, 3.05) is 20.3 Å². The molecular formula is C29H38ClNO4. The topological polar surface area (TPSA) is 55.8 Å². The van der Waals surface area contributed by atoms with Crippen LogP contribution in [0.2, 0.25) is 5.02 Å². The van der Waals surface area contributed by atoms with Crippen molar-refractivity contribution in [3.63, 3.8) is 0 Å². The number of ketones is 2. The molecule has 0 saturated heterocycles. The Balaban J connectivity index is 1.98. The summed E-state index contributed by atoms with van der Waals surface area (Å²) in [6, 6.07) is 3.76. The molecule has 2 aliphatic carbocycles. The van der Waals surface area contributed by atoms with Gasteiger partial charge in [-0.2, -0.15) is 0 Å². The maximum absolute atomic E-state index is 13.7.